The van der Waals surface area contributed by atoms with Crippen LogP contribution in [-0.4, -0.2) is 58.9 Å². The van der Waals surface area contributed by atoms with E-state index >= 15 is 0 Å². The van der Waals surface area contributed by atoms with E-state index in [0.717, 1.165) is 25.8 Å². The second kappa shape index (κ2) is 5.91. The molecule has 0 aromatic heterocycles. The number of fused-ring (bicyclic) bond motifs is 1. The summed E-state index contributed by atoms with van der Waals surface area (Å²) >= 11 is 0. The number of rotatable bonds is 2. The van der Waals surface area contributed by atoms with Crippen molar-refractivity contribution in [2.24, 2.45) is 0 Å². The molecule has 112 valence electrons. The third kappa shape index (κ3) is 3.00. The molecule has 2 saturated heterocycles. The number of esters is 1. The molecular weight excluding hydrogens is 260 g/mol. The van der Waals surface area contributed by atoms with Gasteiger partial charge in [-0.25, -0.2) is 0 Å². The standard InChI is InChI=1S/C14H22N2O4/c1-9(17)16(10(2)18)12-4-5-13-14(20-11(3)19)6-7-15(13)8-12/h12-14H,4-8H2,1-3H3/t12-,13+,14+/m0/s1. The summed E-state index contributed by atoms with van der Waals surface area (Å²) in [6.07, 6.45) is 2.41. The first-order valence-corrected chi connectivity index (χ1v) is 7.11. The van der Waals surface area contributed by atoms with Crippen molar-refractivity contribution in [3.05, 3.63) is 0 Å². The van der Waals surface area contributed by atoms with Crippen LogP contribution in [0.15, 0.2) is 0 Å². The van der Waals surface area contributed by atoms with Crippen molar-refractivity contribution in [2.45, 2.75) is 58.2 Å². The fourth-order valence-corrected chi connectivity index (χ4v) is 3.50. The van der Waals surface area contributed by atoms with Gasteiger partial charge in [0.1, 0.15) is 6.10 Å². The van der Waals surface area contributed by atoms with Gasteiger partial charge < -0.3 is 4.74 Å². The van der Waals surface area contributed by atoms with Crippen LogP contribution in [-0.2, 0) is 19.1 Å². The van der Waals surface area contributed by atoms with E-state index in [0.29, 0.717) is 6.54 Å². The summed E-state index contributed by atoms with van der Waals surface area (Å²) in [6, 6.07) is 0.174. The first kappa shape index (κ1) is 15.0. The molecule has 2 aliphatic rings. The number of carbonyl (C=O) groups is 3. The molecule has 0 radical (unpaired) electrons. The number of nitrogens with zero attached hydrogens (tertiary/aromatic N) is 2. The first-order chi connectivity index (χ1) is 9.40. The molecule has 0 aromatic carbocycles. The van der Waals surface area contributed by atoms with Crippen molar-refractivity contribution in [2.75, 3.05) is 13.1 Å². The van der Waals surface area contributed by atoms with Gasteiger partial charge in [0.25, 0.3) is 0 Å². The highest BCUT2D eigenvalue weighted by molar-refractivity contribution is 5.93. The molecule has 0 saturated carbocycles. The van der Waals surface area contributed by atoms with Gasteiger partial charge in [0, 0.05) is 39.9 Å². The minimum absolute atomic E-state index is 0.0449. The van der Waals surface area contributed by atoms with Crippen molar-refractivity contribution >= 4 is 17.8 Å². The fraction of sp³-hybridized carbons (Fsp3) is 0.786. The normalized spacial score (nSPS) is 29.6. The van der Waals surface area contributed by atoms with E-state index in [4.69, 9.17) is 4.74 Å². The van der Waals surface area contributed by atoms with E-state index in [1.54, 1.807) is 0 Å². The summed E-state index contributed by atoms with van der Waals surface area (Å²) in [6.45, 7) is 5.82. The highest BCUT2D eigenvalue weighted by Crippen LogP contribution is 2.31. The number of imide groups is 1. The van der Waals surface area contributed by atoms with Gasteiger partial charge in [-0.1, -0.05) is 0 Å². The monoisotopic (exact) mass is 282 g/mol. The molecule has 6 nitrogen and oxygen atoms in total. The van der Waals surface area contributed by atoms with Crippen LogP contribution >= 0.6 is 0 Å². The second-order valence-corrected chi connectivity index (χ2v) is 5.64. The predicted octanol–water partition coefficient (Wildman–Crippen LogP) is 0.550. The van der Waals surface area contributed by atoms with Gasteiger partial charge in [-0.05, 0) is 19.3 Å². The third-order valence-electron chi connectivity index (χ3n) is 4.20. The quantitative estimate of drug-likeness (QED) is 0.692. The molecule has 20 heavy (non-hydrogen) atoms. The zero-order valence-electron chi connectivity index (χ0n) is 12.3. The summed E-state index contributed by atoms with van der Waals surface area (Å²) in [5, 5.41) is 0. The Bertz CT molecular complexity index is 409. The molecule has 2 aliphatic heterocycles. The Labute approximate surface area is 119 Å². The summed E-state index contributed by atoms with van der Waals surface area (Å²) in [7, 11) is 0. The highest BCUT2D eigenvalue weighted by atomic mass is 16.5. The minimum atomic E-state index is -0.243. The van der Waals surface area contributed by atoms with E-state index in [-0.39, 0.29) is 36.0 Å². The Morgan fingerprint density at radius 2 is 1.70 bits per heavy atom. The molecule has 2 amide bonds. The molecule has 2 rings (SSSR count). The van der Waals surface area contributed by atoms with Gasteiger partial charge in [0.15, 0.2) is 0 Å². The predicted molar refractivity (Wildman–Crippen MR) is 71.8 cm³/mol. The van der Waals surface area contributed by atoms with Gasteiger partial charge in [0.05, 0.1) is 6.04 Å². The van der Waals surface area contributed by atoms with Crippen LogP contribution < -0.4 is 0 Å². The number of hydrogen-bond acceptors (Lipinski definition) is 5. The summed E-state index contributed by atoms with van der Waals surface area (Å²) in [4.78, 5) is 37.9. The molecular formula is C14H22N2O4. The second-order valence-electron chi connectivity index (χ2n) is 5.64. The summed E-state index contributed by atoms with van der Waals surface area (Å²) in [5.74, 6) is -0.638. The molecule has 0 aliphatic carbocycles. The maximum Gasteiger partial charge on any atom is 0.302 e. The molecule has 6 heteroatoms. The summed E-state index contributed by atoms with van der Waals surface area (Å²) < 4.78 is 5.34. The number of hydrogen-bond donors (Lipinski definition) is 0. The fourth-order valence-electron chi connectivity index (χ4n) is 3.50. The zero-order valence-corrected chi connectivity index (χ0v) is 12.3. The van der Waals surface area contributed by atoms with Crippen molar-refractivity contribution in [3.8, 4) is 0 Å². The first-order valence-electron chi connectivity index (χ1n) is 7.11. The van der Waals surface area contributed by atoms with Crippen molar-refractivity contribution in [1.29, 1.82) is 0 Å². The molecule has 0 bridgehead atoms. The lowest BCUT2D eigenvalue weighted by Gasteiger charge is -2.40. The Balaban J connectivity index is 2.01. The van der Waals surface area contributed by atoms with Crippen LogP contribution in [0.1, 0.15) is 40.0 Å². The van der Waals surface area contributed by atoms with Gasteiger partial charge in [-0.2, -0.15) is 0 Å². The number of amides is 2. The van der Waals surface area contributed by atoms with Crippen LogP contribution in [0.25, 0.3) is 0 Å². The molecule has 0 unspecified atom stereocenters. The molecule has 2 fully saturated rings. The molecule has 3 atom stereocenters. The maximum absolute atomic E-state index is 11.6. The number of ether oxygens (including phenoxy) is 1. The van der Waals surface area contributed by atoms with Crippen molar-refractivity contribution in [1.82, 2.24) is 9.80 Å². The summed E-state index contributed by atoms with van der Waals surface area (Å²) in [5.41, 5.74) is 0. The Hall–Kier alpha value is -1.43. The van der Waals surface area contributed by atoms with Gasteiger partial charge in [-0.3, -0.25) is 24.2 Å². The number of carbonyl (C=O) groups excluding carboxylic acids is 3. The zero-order chi connectivity index (χ0) is 14.9. The lowest BCUT2D eigenvalue weighted by Crippen LogP contribution is -2.54. The Morgan fingerprint density at radius 1 is 1.05 bits per heavy atom. The van der Waals surface area contributed by atoms with Crippen LogP contribution in [0, 0.1) is 0 Å². The lowest BCUT2D eigenvalue weighted by molar-refractivity contribution is -0.148. The highest BCUT2D eigenvalue weighted by Gasteiger charge is 2.42. The Kier molecular flexibility index (Phi) is 4.42. The lowest BCUT2D eigenvalue weighted by atomic mass is 9.96. The van der Waals surface area contributed by atoms with Gasteiger partial charge in [0.2, 0.25) is 11.8 Å². The van der Waals surface area contributed by atoms with E-state index in [1.165, 1.54) is 25.7 Å². The smallest absolute Gasteiger partial charge is 0.302 e. The molecule has 0 N–H and O–H groups in total. The molecule has 2 heterocycles. The van der Waals surface area contributed by atoms with Crippen molar-refractivity contribution < 1.29 is 19.1 Å². The average Bonchev–Trinajstić information content (AvgIpc) is 2.70. The van der Waals surface area contributed by atoms with Crippen molar-refractivity contribution in [3.63, 3.8) is 0 Å². The van der Waals surface area contributed by atoms with Crippen LogP contribution in [0.2, 0.25) is 0 Å². The van der Waals surface area contributed by atoms with E-state index in [1.807, 2.05) is 0 Å². The third-order valence-corrected chi connectivity index (χ3v) is 4.20. The van der Waals surface area contributed by atoms with Crippen LogP contribution in [0.5, 0.6) is 0 Å². The van der Waals surface area contributed by atoms with E-state index < -0.39 is 0 Å². The topological polar surface area (TPSA) is 66.9 Å². The van der Waals surface area contributed by atoms with E-state index in [2.05, 4.69) is 4.90 Å². The number of piperidine rings is 1. The maximum atomic E-state index is 11.6. The average molecular weight is 282 g/mol. The van der Waals surface area contributed by atoms with Crippen LogP contribution in [0.4, 0.5) is 0 Å². The van der Waals surface area contributed by atoms with Gasteiger partial charge >= 0.3 is 5.97 Å². The minimum Gasteiger partial charge on any atom is -0.461 e. The molecule has 0 aromatic rings. The molecule has 0 spiro atoms. The largest absolute Gasteiger partial charge is 0.461 e. The SMILES string of the molecule is CC(=O)O[C@@H]1CCN2C[C@@H](N(C(C)=O)C(C)=O)CC[C@H]12. The van der Waals surface area contributed by atoms with Gasteiger partial charge in [-0.15, -0.1) is 0 Å². The van der Waals surface area contributed by atoms with Crippen LogP contribution in [0.3, 0.4) is 0 Å². The Morgan fingerprint density at radius 3 is 2.25 bits per heavy atom. The van der Waals surface area contributed by atoms with E-state index in [9.17, 15) is 14.4 Å².